The molecule has 0 bridgehead atoms. The van der Waals surface area contributed by atoms with Crippen molar-refractivity contribution < 1.29 is 14.6 Å². The Morgan fingerprint density at radius 2 is 1.32 bits per heavy atom. The summed E-state index contributed by atoms with van der Waals surface area (Å²) in [5.74, 6) is 1.52. The second-order valence-electron chi connectivity index (χ2n) is 7.21. The first-order valence-electron chi connectivity index (χ1n) is 9.70. The van der Waals surface area contributed by atoms with Gasteiger partial charge in [0.2, 0.25) is 0 Å². The Morgan fingerprint density at radius 3 is 1.86 bits per heavy atom. The quantitative estimate of drug-likeness (QED) is 0.553. The van der Waals surface area contributed by atoms with Crippen molar-refractivity contribution in [3.8, 4) is 11.5 Å². The van der Waals surface area contributed by atoms with Gasteiger partial charge in [0.05, 0.1) is 6.10 Å². The fourth-order valence-corrected chi connectivity index (χ4v) is 3.13. The summed E-state index contributed by atoms with van der Waals surface area (Å²) in [5.41, 5.74) is 4.31. The topological polar surface area (TPSA) is 38.7 Å². The highest BCUT2D eigenvalue weighted by Gasteiger charge is 2.18. The molecular formula is C25H28O3. The van der Waals surface area contributed by atoms with Gasteiger partial charge >= 0.3 is 0 Å². The molecule has 0 saturated heterocycles. The van der Waals surface area contributed by atoms with Gasteiger partial charge in [0.1, 0.15) is 24.7 Å². The van der Waals surface area contributed by atoms with E-state index < -0.39 is 6.10 Å². The number of hydrogen-bond donors (Lipinski definition) is 1. The van der Waals surface area contributed by atoms with Gasteiger partial charge in [0, 0.05) is 12.0 Å². The van der Waals surface area contributed by atoms with Crippen LogP contribution in [0.4, 0.5) is 0 Å². The Balaban J connectivity index is 1.84. The molecule has 0 saturated carbocycles. The standard InChI is InChI=1S/C25H28O3/c1-18(20(3)26)24-14-23(27-16-21-10-6-4-7-11-21)15-25(19(24)2)28-17-22-12-8-5-9-13-22/h4-15,18,20,26H,16-17H2,1-3H3/t18-,20-/m1/s1. The van der Waals surface area contributed by atoms with Crippen LogP contribution < -0.4 is 9.47 Å². The van der Waals surface area contributed by atoms with Crippen molar-refractivity contribution in [3.63, 3.8) is 0 Å². The van der Waals surface area contributed by atoms with E-state index in [1.165, 1.54) is 0 Å². The van der Waals surface area contributed by atoms with Crippen LogP contribution in [0.15, 0.2) is 72.8 Å². The van der Waals surface area contributed by atoms with Gasteiger partial charge in [-0.1, -0.05) is 67.6 Å². The molecule has 3 aromatic carbocycles. The fraction of sp³-hybridized carbons (Fsp3) is 0.280. The summed E-state index contributed by atoms with van der Waals surface area (Å²) >= 11 is 0. The largest absolute Gasteiger partial charge is 0.489 e. The van der Waals surface area contributed by atoms with Crippen molar-refractivity contribution in [2.75, 3.05) is 0 Å². The monoisotopic (exact) mass is 376 g/mol. The molecular weight excluding hydrogens is 348 g/mol. The molecule has 0 spiro atoms. The maximum Gasteiger partial charge on any atom is 0.126 e. The van der Waals surface area contributed by atoms with Gasteiger partial charge in [-0.2, -0.15) is 0 Å². The Labute approximate surface area is 167 Å². The molecule has 28 heavy (non-hydrogen) atoms. The number of aliphatic hydroxyl groups is 1. The molecule has 1 N–H and O–H groups in total. The molecule has 0 heterocycles. The van der Waals surface area contributed by atoms with Gasteiger partial charge < -0.3 is 14.6 Å². The van der Waals surface area contributed by atoms with E-state index in [9.17, 15) is 5.11 Å². The van der Waals surface area contributed by atoms with Gasteiger partial charge in [-0.15, -0.1) is 0 Å². The lowest BCUT2D eigenvalue weighted by atomic mass is 9.91. The number of rotatable bonds is 8. The van der Waals surface area contributed by atoms with E-state index in [1.807, 2.05) is 93.6 Å². The Hall–Kier alpha value is -2.78. The zero-order valence-electron chi connectivity index (χ0n) is 16.8. The lowest BCUT2D eigenvalue weighted by Crippen LogP contribution is -2.13. The molecule has 0 fully saturated rings. The summed E-state index contributed by atoms with van der Waals surface area (Å²) in [7, 11) is 0. The summed E-state index contributed by atoms with van der Waals surface area (Å²) in [6.07, 6.45) is -0.454. The van der Waals surface area contributed by atoms with Crippen LogP contribution in [0.2, 0.25) is 0 Å². The van der Waals surface area contributed by atoms with E-state index in [-0.39, 0.29) is 5.92 Å². The first kappa shape index (κ1) is 20.0. The lowest BCUT2D eigenvalue weighted by molar-refractivity contribution is 0.168. The predicted octanol–water partition coefficient (Wildman–Crippen LogP) is 5.64. The van der Waals surface area contributed by atoms with Gasteiger partial charge in [-0.25, -0.2) is 0 Å². The molecule has 0 aliphatic heterocycles. The molecule has 2 atom stereocenters. The highest BCUT2D eigenvalue weighted by atomic mass is 16.5. The number of hydrogen-bond acceptors (Lipinski definition) is 3. The van der Waals surface area contributed by atoms with Gasteiger partial charge in [-0.05, 0) is 42.2 Å². The zero-order chi connectivity index (χ0) is 19.9. The minimum atomic E-state index is -0.454. The highest BCUT2D eigenvalue weighted by molar-refractivity contribution is 5.47. The molecule has 0 unspecified atom stereocenters. The molecule has 3 aromatic rings. The van der Waals surface area contributed by atoms with E-state index in [4.69, 9.17) is 9.47 Å². The third-order valence-corrected chi connectivity index (χ3v) is 5.07. The Kier molecular flexibility index (Phi) is 6.72. The first-order chi connectivity index (χ1) is 13.5. The average molecular weight is 376 g/mol. The van der Waals surface area contributed by atoms with Crippen molar-refractivity contribution in [3.05, 3.63) is 95.1 Å². The van der Waals surface area contributed by atoms with Crippen LogP contribution in [0, 0.1) is 6.92 Å². The average Bonchev–Trinajstić information content (AvgIpc) is 2.73. The van der Waals surface area contributed by atoms with Gasteiger partial charge in [0.25, 0.3) is 0 Å². The lowest BCUT2D eigenvalue weighted by Gasteiger charge is -2.21. The van der Waals surface area contributed by atoms with Crippen LogP contribution in [0.25, 0.3) is 0 Å². The van der Waals surface area contributed by atoms with Crippen molar-refractivity contribution in [2.24, 2.45) is 0 Å². The molecule has 0 aliphatic rings. The van der Waals surface area contributed by atoms with E-state index in [2.05, 4.69) is 0 Å². The molecule has 0 aromatic heterocycles. The van der Waals surface area contributed by atoms with Crippen LogP contribution in [-0.2, 0) is 13.2 Å². The predicted molar refractivity (Wildman–Crippen MR) is 113 cm³/mol. The van der Waals surface area contributed by atoms with Crippen molar-refractivity contribution in [1.82, 2.24) is 0 Å². The second-order valence-corrected chi connectivity index (χ2v) is 7.21. The highest BCUT2D eigenvalue weighted by Crippen LogP contribution is 2.34. The summed E-state index contributed by atoms with van der Waals surface area (Å²) in [4.78, 5) is 0. The third-order valence-electron chi connectivity index (χ3n) is 5.07. The van der Waals surface area contributed by atoms with Crippen molar-refractivity contribution in [1.29, 1.82) is 0 Å². The summed E-state index contributed by atoms with van der Waals surface area (Å²) < 4.78 is 12.2. The maximum atomic E-state index is 10.1. The van der Waals surface area contributed by atoms with E-state index in [1.54, 1.807) is 0 Å². The van der Waals surface area contributed by atoms with Crippen LogP contribution in [-0.4, -0.2) is 11.2 Å². The van der Waals surface area contributed by atoms with Crippen molar-refractivity contribution in [2.45, 2.75) is 46.0 Å². The third kappa shape index (κ3) is 5.14. The smallest absolute Gasteiger partial charge is 0.126 e. The Bertz CT molecular complexity index is 873. The SMILES string of the molecule is Cc1c(OCc2ccccc2)cc(OCc2ccccc2)cc1[C@H](C)[C@@H](C)O. The van der Waals surface area contributed by atoms with E-state index in [0.717, 1.165) is 33.8 Å². The summed E-state index contributed by atoms with van der Waals surface area (Å²) in [6, 6.07) is 24.1. The second kappa shape index (κ2) is 9.43. The zero-order valence-corrected chi connectivity index (χ0v) is 16.8. The number of ether oxygens (including phenoxy) is 2. The van der Waals surface area contributed by atoms with E-state index in [0.29, 0.717) is 13.2 Å². The van der Waals surface area contributed by atoms with Crippen LogP contribution in [0.3, 0.4) is 0 Å². The molecule has 146 valence electrons. The van der Waals surface area contributed by atoms with Crippen molar-refractivity contribution >= 4 is 0 Å². The minimum absolute atomic E-state index is 0.0145. The maximum absolute atomic E-state index is 10.1. The fourth-order valence-electron chi connectivity index (χ4n) is 3.13. The molecule has 3 rings (SSSR count). The molecule has 3 heteroatoms. The van der Waals surface area contributed by atoms with Gasteiger partial charge in [-0.3, -0.25) is 0 Å². The van der Waals surface area contributed by atoms with E-state index >= 15 is 0 Å². The summed E-state index contributed by atoms with van der Waals surface area (Å²) in [5, 5.41) is 10.1. The van der Waals surface area contributed by atoms with Gasteiger partial charge in [0.15, 0.2) is 0 Å². The summed E-state index contributed by atoms with van der Waals surface area (Å²) in [6.45, 7) is 6.85. The van der Waals surface area contributed by atoms with Crippen LogP contribution >= 0.6 is 0 Å². The Morgan fingerprint density at radius 1 is 0.786 bits per heavy atom. The normalized spacial score (nSPS) is 13.0. The van der Waals surface area contributed by atoms with Crippen LogP contribution in [0.1, 0.15) is 42.0 Å². The number of benzene rings is 3. The number of aliphatic hydroxyl groups excluding tert-OH is 1. The molecule has 0 aliphatic carbocycles. The molecule has 0 amide bonds. The molecule has 0 radical (unpaired) electrons. The van der Waals surface area contributed by atoms with Crippen LogP contribution in [0.5, 0.6) is 11.5 Å². The first-order valence-corrected chi connectivity index (χ1v) is 9.70. The molecule has 3 nitrogen and oxygen atoms in total. The minimum Gasteiger partial charge on any atom is -0.489 e.